The lowest BCUT2D eigenvalue weighted by molar-refractivity contribution is 0.0977. The van der Waals surface area contributed by atoms with E-state index in [0.29, 0.717) is 40.4 Å². The Hall–Kier alpha value is -2.90. The van der Waals surface area contributed by atoms with E-state index in [1.54, 1.807) is 18.2 Å². The van der Waals surface area contributed by atoms with Gasteiger partial charge in [-0.2, -0.15) is 0 Å². The number of hydrogen-bond donors (Lipinski definition) is 2. The van der Waals surface area contributed by atoms with Gasteiger partial charge in [0.25, 0.3) is 5.91 Å². The number of ether oxygens (including phenoxy) is 2. The highest BCUT2D eigenvalue weighted by Crippen LogP contribution is 2.26. The van der Waals surface area contributed by atoms with E-state index in [1.807, 2.05) is 49.4 Å². The molecule has 0 saturated heterocycles. The molecule has 0 heterocycles. The average molecular weight is 499 g/mol. The third kappa shape index (κ3) is 6.80. The molecule has 0 fully saturated rings. The van der Waals surface area contributed by atoms with E-state index in [9.17, 15) is 4.79 Å². The van der Waals surface area contributed by atoms with Gasteiger partial charge in [-0.15, -0.1) is 0 Å². The van der Waals surface area contributed by atoms with Gasteiger partial charge in [0.15, 0.2) is 5.11 Å². The van der Waals surface area contributed by atoms with Crippen LogP contribution in [-0.2, 0) is 6.42 Å². The molecular weight excluding hydrogens is 476 g/mol. The average Bonchev–Trinajstić information content (AvgIpc) is 2.77. The van der Waals surface area contributed by atoms with Gasteiger partial charge in [0.1, 0.15) is 11.5 Å². The Bertz CT molecular complexity index is 1040. The van der Waals surface area contributed by atoms with Crippen LogP contribution in [0.2, 0.25) is 0 Å². The summed E-state index contributed by atoms with van der Waals surface area (Å²) in [5, 5.41) is 5.88. The Morgan fingerprint density at radius 1 is 0.968 bits per heavy atom. The van der Waals surface area contributed by atoms with E-state index < -0.39 is 0 Å². The van der Waals surface area contributed by atoms with Crippen molar-refractivity contribution in [2.75, 3.05) is 18.5 Å². The highest BCUT2D eigenvalue weighted by atomic mass is 79.9. The van der Waals surface area contributed by atoms with Crippen molar-refractivity contribution < 1.29 is 14.3 Å². The van der Waals surface area contributed by atoms with Crippen molar-refractivity contribution >= 4 is 44.9 Å². The summed E-state index contributed by atoms with van der Waals surface area (Å²) in [5.41, 5.74) is 2.36. The predicted molar refractivity (Wildman–Crippen MR) is 131 cm³/mol. The number of anilines is 1. The number of nitrogens with one attached hydrogen (secondary N) is 2. The van der Waals surface area contributed by atoms with Crippen molar-refractivity contribution in [2.24, 2.45) is 0 Å². The maximum atomic E-state index is 12.6. The number of hydrogen-bond acceptors (Lipinski definition) is 4. The van der Waals surface area contributed by atoms with Crippen LogP contribution < -0.4 is 20.1 Å². The van der Waals surface area contributed by atoms with Crippen molar-refractivity contribution in [3.8, 4) is 11.5 Å². The molecule has 160 valence electrons. The summed E-state index contributed by atoms with van der Waals surface area (Å²) in [6.07, 6.45) is 0.804. The molecule has 0 aromatic heterocycles. The number of para-hydroxylation sites is 2. The van der Waals surface area contributed by atoms with Gasteiger partial charge >= 0.3 is 0 Å². The van der Waals surface area contributed by atoms with Gasteiger partial charge < -0.3 is 14.8 Å². The maximum absolute atomic E-state index is 12.6. The van der Waals surface area contributed by atoms with Crippen LogP contribution >= 0.6 is 28.1 Å². The zero-order valence-electron chi connectivity index (χ0n) is 17.1. The Kier molecular flexibility index (Phi) is 8.44. The molecule has 5 nitrogen and oxygen atoms in total. The lowest BCUT2D eigenvalue weighted by Crippen LogP contribution is -2.34. The number of amides is 1. The molecule has 0 aliphatic heterocycles. The molecule has 0 aliphatic rings. The first-order valence-corrected chi connectivity index (χ1v) is 11.1. The van der Waals surface area contributed by atoms with Gasteiger partial charge in [-0.1, -0.05) is 42.5 Å². The third-order valence-electron chi connectivity index (χ3n) is 4.35. The fourth-order valence-electron chi connectivity index (χ4n) is 2.86. The second kappa shape index (κ2) is 11.5. The minimum atomic E-state index is -0.317. The number of thiocarbonyl (C=S) groups is 1. The molecule has 3 aromatic carbocycles. The van der Waals surface area contributed by atoms with Crippen LogP contribution in [0.15, 0.2) is 77.3 Å². The standard InChI is InChI=1S/C24H23BrN2O3S/c1-2-29-22-11-7-6-10-20(22)26-24(31)27-23(28)18-12-13-21(19(25)16-18)30-15-14-17-8-4-3-5-9-17/h3-13,16H,2,14-15H2,1H3,(H2,26,27,28,31). The van der Waals surface area contributed by atoms with Crippen LogP contribution in [0, 0.1) is 0 Å². The van der Waals surface area contributed by atoms with Gasteiger partial charge in [0.05, 0.1) is 23.4 Å². The molecule has 0 spiro atoms. The largest absolute Gasteiger partial charge is 0.492 e. The van der Waals surface area contributed by atoms with Gasteiger partial charge in [0, 0.05) is 12.0 Å². The summed E-state index contributed by atoms with van der Waals surface area (Å²) >= 11 is 8.76. The monoisotopic (exact) mass is 498 g/mol. The number of carbonyl (C=O) groups excluding carboxylic acids is 1. The molecule has 3 rings (SSSR count). The summed E-state index contributed by atoms with van der Waals surface area (Å²) in [7, 11) is 0. The molecule has 0 bridgehead atoms. The van der Waals surface area contributed by atoms with Crippen LogP contribution in [0.5, 0.6) is 11.5 Å². The number of benzene rings is 3. The molecule has 2 N–H and O–H groups in total. The summed E-state index contributed by atoms with van der Waals surface area (Å²) in [5.74, 6) is 1.03. The van der Waals surface area contributed by atoms with E-state index >= 15 is 0 Å². The van der Waals surface area contributed by atoms with Gasteiger partial charge in [-0.05, 0) is 71.0 Å². The van der Waals surface area contributed by atoms with E-state index in [4.69, 9.17) is 21.7 Å². The molecule has 7 heteroatoms. The molecule has 31 heavy (non-hydrogen) atoms. The SMILES string of the molecule is CCOc1ccccc1NC(=S)NC(=O)c1ccc(OCCc2ccccc2)c(Br)c1. The van der Waals surface area contributed by atoms with E-state index in [1.165, 1.54) is 5.56 Å². The first-order valence-electron chi connectivity index (χ1n) is 9.87. The second-order valence-corrected chi connectivity index (χ2v) is 7.83. The predicted octanol–water partition coefficient (Wildman–Crippen LogP) is 5.60. The number of halogens is 1. The summed E-state index contributed by atoms with van der Waals surface area (Å²) < 4.78 is 12.1. The lowest BCUT2D eigenvalue weighted by atomic mass is 10.2. The highest BCUT2D eigenvalue weighted by molar-refractivity contribution is 9.10. The fraction of sp³-hybridized carbons (Fsp3) is 0.167. The van der Waals surface area contributed by atoms with Crippen molar-refractivity contribution in [2.45, 2.75) is 13.3 Å². The van der Waals surface area contributed by atoms with Crippen LogP contribution in [-0.4, -0.2) is 24.2 Å². The van der Waals surface area contributed by atoms with Crippen LogP contribution in [0.1, 0.15) is 22.8 Å². The molecule has 0 atom stereocenters. The van der Waals surface area contributed by atoms with E-state index in [0.717, 1.165) is 6.42 Å². The number of carbonyl (C=O) groups is 1. The lowest BCUT2D eigenvalue weighted by Gasteiger charge is -2.14. The zero-order chi connectivity index (χ0) is 22.1. The topological polar surface area (TPSA) is 59.6 Å². The Morgan fingerprint density at radius 2 is 1.71 bits per heavy atom. The van der Waals surface area contributed by atoms with Crippen LogP contribution in [0.4, 0.5) is 5.69 Å². The Balaban J connectivity index is 1.55. The van der Waals surface area contributed by atoms with Gasteiger partial charge in [-0.3, -0.25) is 10.1 Å². The second-order valence-electron chi connectivity index (χ2n) is 6.57. The van der Waals surface area contributed by atoms with Crippen molar-refractivity contribution in [3.63, 3.8) is 0 Å². The van der Waals surface area contributed by atoms with E-state index in [-0.39, 0.29) is 11.0 Å². The minimum absolute atomic E-state index is 0.191. The molecule has 0 aliphatic carbocycles. The number of rotatable bonds is 8. The van der Waals surface area contributed by atoms with Crippen molar-refractivity contribution in [3.05, 3.63) is 88.4 Å². The molecule has 0 unspecified atom stereocenters. The van der Waals surface area contributed by atoms with Crippen LogP contribution in [0.25, 0.3) is 0 Å². The summed E-state index contributed by atoms with van der Waals surface area (Å²) in [6.45, 7) is 2.98. The quantitative estimate of drug-likeness (QED) is 0.396. The van der Waals surface area contributed by atoms with Gasteiger partial charge in [-0.25, -0.2) is 0 Å². The fourth-order valence-corrected chi connectivity index (χ4v) is 3.56. The molecule has 1 amide bonds. The molecular formula is C24H23BrN2O3S. The maximum Gasteiger partial charge on any atom is 0.257 e. The van der Waals surface area contributed by atoms with E-state index in [2.05, 4.69) is 38.7 Å². The van der Waals surface area contributed by atoms with Crippen molar-refractivity contribution in [1.82, 2.24) is 5.32 Å². The Morgan fingerprint density at radius 3 is 2.45 bits per heavy atom. The van der Waals surface area contributed by atoms with Crippen LogP contribution in [0.3, 0.4) is 0 Å². The first kappa shape index (κ1) is 22.8. The van der Waals surface area contributed by atoms with Gasteiger partial charge in [0.2, 0.25) is 0 Å². The zero-order valence-corrected chi connectivity index (χ0v) is 19.5. The third-order valence-corrected chi connectivity index (χ3v) is 5.17. The summed E-state index contributed by atoms with van der Waals surface area (Å²) in [4.78, 5) is 12.6. The normalized spacial score (nSPS) is 10.3. The molecule has 3 aromatic rings. The summed E-state index contributed by atoms with van der Waals surface area (Å²) in [6, 6.07) is 22.7. The molecule has 0 radical (unpaired) electrons. The Labute approximate surface area is 195 Å². The minimum Gasteiger partial charge on any atom is -0.492 e. The smallest absolute Gasteiger partial charge is 0.257 e. The highest BCUT2D eigenvalue weighted by Gasteiger charge is 2.12. The first-order chi connectivity index (χ1) is 15.1. The van der Waals surface area contributed by atoms with Crippen molar-refractivity contribution in [1.29, 1.82) is 0 Å². The molecule has 0 saturated carbocycles.